The zero-order valence-electron chi connectivity index (χ0n) is 10.2. The Bertz CT molecular complexity index is 235. The molecule has 0 aromatic heterocycles. The number of aliphatic hydroxyl groups excluding tert-OH is 1. The van der Waals surface area contributed by atoms with Crippen LogP contribution in [-0.2, 0) is 4.79 Å². The molecule has 0 aliphatic carbocycles. The third kappa shape index (κ3) is 3.73. The average Bonchev–Trinajstić information content (AvgIpc) is 2.69. The molecule has 0 spiro atoms. The molecule has 1 rings (SSSR count). The number of hydrogen-bond donors (Lipinski definition) is 2. The molecule has 1 aliphatic heterocycles. The maximum Gasteiger partial charge on any atom is 0.252 e. The first-order valence-corrected chi connectivity index (χ1v) is 5.86. The highest BCUT2D eigenvalue weighted by Crippen LogP contribution is 2.18. The molecule has 94 valence electrons. The van der Waals surface area contributed by atoms with Gasteiger partial charge in [0.2, 0.25) is 0 Å². The fraction of sp³-hybridized carbons (Fsp3) is 0.909. The number of carbonyl (C=O) groups is 1. The van der Waals surface area contributed by atoms with Gasteiger partial charge in [0, 0.05) is 26.7 Å². The van der Waals surface area contributed by atoms with Crippen molar-refractivity contribution in [2.45, 2.75) is 18.9 Å². The number of nitrogens with zero attached hydrogens (tertiary/aromatic N) is 2. The van der Waals surface area contributed by atoms with Gasteiger partial charge in [0.25, 0.3) is 5.91 Å². The monoisotopic (exact) mass is 229 g/mol. The van der Waals surface area contributed by atoms with Gasteiger partial charge < -0.3 is 20.6 Å². The summed E-state index contributed by atoms with van der Waals surface area (Å²) in [6.07, 6.45) is 1.17. The molecular formula is C11H23N3O2. The van der Waals surface area contributed by atoms with Gasteiger partial charge in [-0.05, 0) is 32.4 Å². The lowest BCUT2D eigenvalue weighted by Crippen LogP contribution is -2.41. The van der Waals surface area contributed by atoms with Crippen LogP contribution in [0.1, 0.15) is 12.8 Å². The van der Waals surface area contributed by atoms with Gasteiger partial charge in [-0.3, -0.25) is 4.79 Å². The van der Waals surface area contributed by atoms with Crippen molar-refractivity contribution in [3.05, 3.63) is 0 Å². The molecule has 0 saturated carbocycles. The number of aliphatic hydroxyl groups is 1. The van der Waals surface area contributed by atoms with E-state index in [9.17, 15) is 9.90 Å². The Morgan fingerprint density at radius 3 is 2.88 bits per heavy atom. The second kappa shape index (κ2) is 6.18. The number of amides is 1. The summed E-state index contributed by atoms with van der Waals surface area (Å²) in [5.74, 6) is 0.407. The standard InChI is InChI=1S/C11H23N3O2/c1-13-5-3-9(8-13)4-6-14(2)11(16)10(15)7-12/h9-10,15H,3-8,12H2,1-2H3. The molecule has 0 bridgehead atoms. The smallest absolute Gasteiger partial charge is 0.252 e. The number of nitrogens with two attached hydrogens (primary N) is 1. The van der Waals surface area contributed by atoms with E-state index in [0.717, 1.165) is 19.5 Å². The van der Waals surface area contributed by atoms with Crippen LogP contribution in [0.2, 0.25) is 0 Å². The van der Waals surface area contributed by atoms with Crippen LogP contribution in [0, 0.1) is 5.92 Å². The molecule has 3 N–H and O–H groups in total. The highest BCUT2D eigenvalue weighted by molar-refractivity contribution is 5.80. The number of likely N-dealkylation sites (N-methyl/N-ethyl adjacent to an activating group) is 1. The summed E-state index contributed by atoms with van der Waals surface area (Å²) in [5.41, 5.74) is 5.24. The minimum absolute atomic E-state index is 0.00462. The molecule has 1 heterocycles. The molecule has 1 saturated heterocycles. The summed E-state index contributed by atoms with van der Waals surface area (Å²) in [5, 5.41) is 9.31. The Morgan fingerprint density at radius 1 is 1.69 bits per heavy atom. The second-order valence-corrected chi connectivity index (χ2v) is 4.72. The van der Waals surface area contributed by atoms with Crippen molar-refractivity contribution < 1.29 is 9.90 Å². The molecular weight excluding hydrogens is 206 g/mol. The van der Waals surface area contributed by atoms with Crippen LogP contribution in [0.15, 0.2) is 0 Å². The van der Waals surface area contributed by atoms with Gasteiger partial charge in [-0.25, -0.2) is 0 Å². The quantitative estimate of drug-likeness (QED) is 0.641. The van der Waals surface area contributed by atoms with Gasteiger partial charge in [-0.15, -0.1) is 0 Å². The maximum absolute atomic E-state index is 11.5. The SMILES string of the molecule is CN1CCC(CCN(C)C(=O)C(O)CN)C1. The van der Waals surface area contributed by atoms with Crippen molar-refractivity contribution in [3.63, 3.8) is 0 Å². The van der Waals surface area contributed by atoms with Gasteiger partial charge in [0.15, 0.2) is 0 Å². The second-order valence-electron chi connectivity index (χ2n) is 4.72. The van der Waals surface area contributed by atoms with E-state index in [4.69, 9.17) is 5.73 Å². The summed E-state index contributed by atoms with van der Waals surface area (Å²) in [6.45, 7) is 2.96. The molecule has 1 fully saturated rings. The molecule has 1 aliphatic rings. The molecule has 5 nitrogen and oxygen atoms in total. The van der Waals surface area contributed by atoms with E-state index in [-0.39, 0.29) is 12.5 Å². The summed E-state index contributed by atoms with van der Waals surface area (Å²) >= 11 is 0. The van der Waals surface area contributed by atoms with E-state index >= 15 is 0 Å². The van der Waals surface area contributed by atoms with Gasteiger partial charge in [0.1, 0.15) is 6.10 Å². The van der Waals surface area contributed by atoms with Crippen LogP contribution in [0.25, 0.3) is 0 Å². The van der Waals surface area contributed by atoms with E-state index in [1.54, 1.807) is 11.9 Å². The normalized spacial score (nSPS) is 23.4. The first kappa shape index (κ1) is 13.4. The molecule has 0 aromatic rings. The van der Waals surface area contributed by atoms with Crippen molar-refractivity contribution in [2.75, 3.05) is 40.3 Å². The molecule has 2 atom stereocenters. The first-order chi connectivity index (χ1) is 7.54. The largest absolute Gasteiger partial charge is 0.382 e. The van der Waals surface area contributed by atoms with Crippen LogP contribution < -0.4 is 5.73 Å². The van der Waals surface area contributed by atoms with Crippen LogP contribution in [0.4, 0.5) is 0 Å². The lowest BCUT2D eigenvalue weighted by Gasteiger charge is -2.21. The van der Waals surface area contributed by atoms with Crippen molar-refractivity contribution >= 4 is 5.91 Å². The van der Waals surface area contributed by atoms with E-state index in [0.29, 0.717) is 12.5 Å². The lowest BCUT2D eigenvalue weighted by molar-refractivity contribution is -0.138. The Morgan fingerprint density at radius 2 is 2.38 bits per heavy atom. The van der Waals surface area contributed by atoms with Crippen molar-refractivity contribution in [1.29, 1.82) is 0 Å². The summed E-state index contributed by atoms with van der Waals surface area (Å²) in [4.78, 5) is 15.4. The number of rotatable bonds is 5. The van der Waals surface area contributed by atoms with Gasteiger partial charge >= 0.3 is 0 Å². The van der Waals surface area contributed by atoms with Crippen molar-refractivity contribution in [1.82, 2.24) is 9.80 Å². The minimum Gasteiger partial charge on any atom is -0.382 e. The molecule has 0 aromatic carbocycles. The van der Waals surface area contributed by atoms with Crippen LogP contribution in [0.3, 0.4) is 0 Å². The zero-order valence-corrected chi connectivity index (χ0v) is 10.2. The van der Waals surface area contributed by atoms with Crippen LogP contribution >= 0.6 is 0 Å². The van der Waals surface area contributed by atoms with Crippen molar-refractivity contribution in [2.24, 2.45) is 11.7 Å². The minimum atomic E-state index is -1.05. The summed E-state index contributed by atoms with van der Waals surface area (Å²) < 4.78 is 0. The molecule has 1 amide bonds. The highest BCUT2D eigenvalue weighted by Gasteiger charge is 2.22. The third-order valence-corrected chi connectivity index (χ3v) is 3.25. The Labute approximate surface area is 97.2 Å². The van der Waals surface area contributed by atoms with Crippen LogP contribution in [0.5, 0.6) is 0 Å². The number of likely N-dealkylation sites (tertiary alicyclic amines) is 1. The Hall–Kier alpha value is -0.650. The Kier molecular flexibility index (Phi) is 5.18. The molecule has 2 unspecified atom stereocenters. The fourth-order valence-corrected chi connectivity index (χ4v) is 2.10. The van der Waals surface area contributed by atoms with E-state index in [1.807, 2.05) is 0 Å². The van der Waals surface area contributed by atoms with E-state index in [1.165, 1.54) is 6.42 Å². The number of carbonyl (C=O) groups excluding carboxylic acids is 1. The highest BCUT2D eigenvalue weighted by atomic mass is 16.3. The Balaban J connectivity index is 2.24. The first-order valence-electron chi connectivity index (χ1n) is 5.86. The number of hydrogen-bond acceptors (Lipinski definition) is 4. The topological polar surface area (TPSA) is 69.8 Å². The summed E-state index contributed by atoms with van der Waals surface area (Å²) in [7, 11) is 3.84. The molecule has 0 radical (unpaired) electrons. The third-order valence-electron chi connectivity index (χ3n) is 3.25. The van der Waals surface area contributed by atoms with Gasteiger partial charge in [0.05, 0.1) is 0 Å². The van der Waals surface area contributed by atoms with Crippen LogP contribution in [-0.4, -0.2) is 67.2 Å². The zero-order chi connectivity index (χ0) is 12.1. The maximum atomic E-state index is 11.5. The van der Waals surface area contributed by atoms with Crippen molar-refractivity contribution in [3.8, 4) is 0 Å². The van der Waals surface area contributed by atoms with E-state index in [2.05, 4.69) is 11.9 Å². The molecule has 16 heavy (non-hydrogen) atoms. The summed E-state index contributed by atoms with van der Waals surface area (Å²) in [6, 6.07) is 0. The predicted molar refractivity (Wildman–Crippen MR) is 62.9 cm³/mol. The lowest BCUT2D eigenvalue weighted by atomic mass is 10.0. The van der Waals surface area contributed by atoms with Gasteiger partial charge in [-0.2, -0.15) is 0 Å². The average molecular weight is 229 g/mol. The van der Waals surface area contributed by atoms with E-state index < -0.39 is 6.10 Å². The molecule has 5 heteroatoms. The predicted octanol–water partition coefficient (Wildman–Crippen LogP) is -0.894. The fourth-order valence-electron chi connectivity index (χ4n) is 2.10. The van der Waals surface area contributed by atoms with Gasteiger partial charge in [-0.1, -0.05) is 0 Å².